The number of aromatic nitrogens is 2. The van der Waals surface area contributed by atoms with Crippen molar-refractivity contribution in [2.75, 3.05) is 5.32 Å². The molecular formula is C15H9ClFN3O. The number of halogens is 2. The van der Waals surface area contributed by atoms with Gasteiger partial charge in [0.05, 0.1) is 5.56 Å². The molecule has 3 rings (SSSR count). The Balaban J connectivity index is 2.01. The van der Waals surface area contributed by atoms with Crippen LogP contribution in [0.4, 0.5) is 10.2 Å². The lowest BCUT2D eigenvalue weighted by molar-refractivity contribution is 0.102. The van der Waals surface area contributed by atoms with Gasteiger partial charge in [0.1, 0.15) is 11.0 Å². The first-order chi connectivity index (χ1) is 10.1. The third kappa shape index (κ3) is 2.68. The highest BCUT2D eigenvalue weighted by Gasteiger charge is 2.13. The molecule has 0 unspecified atom stereocenters. The second-order valence-electron chi connectivity index (χ2n) is 4.31. The van der Waals surface area contributed by atoms with Crippen LogP contribution in [0.1, 0.15) is 10.4 Å². The van der Waals surface area contributed by atoms with E-state index in [0.717, 1.165) is 0 Å². The molecule has 0 aliphatic carbocycles. The van der Waals surface area contributed by atoms with Gasteiger partial charge in [0.15, 0.2) is 0 Å². The number of rotatable bonds is 2. The molecule has 2 heterocycles. The van der Waals surface area contributed by atoms with E-state index < -0.39 is 11.9 Å². The third-order valence-corrected chi connectivity index (χ3v) is 3.25. The second-order valence-corrected chi connectivity index (χ2v) is 4.67. The van der Waals surface area contributed by atoms with Crippen molar-refractivity contribution < 1.29 is 9.18 Å². The van der Waals surface area contributed by atoms with E-state index in [1.807, 2.05) is 6.07 Å². The Morgan fingerprint density at radius 1 is 1.10 bits per heavy atom. The lowest BCUT2D eigenvalue weighted by Gasteiger charge is -2.08. The van der Waals surface area contributed by atoms with Gasteiger partial charge in [0, 0.05) is 11.6 Å². The Hall–Kier alpha value is -2.53. The van der Waals surface area contributed by atoms with Crippen LogP contribution in [-0.2, 0) is 0 Å². The van der Waals surface area contributed by atoms with Crippen LogP contribution in [0.2, 0.25) is 5.15 Å². The number of hydrogen-bond donors (Lipinski definition) is 1. The van der Waals surface area contributed by atoms with Crippen LogP contribution in [0.3, 0.4) is 0 Å². The van der Waals surface area contributed by atoms with Gasteiger partial charge in [0.2, 0.25) is 5.95 Å². The zero-order chi connectivity index (χ0) is 14.8. The number of hydrogen-bond acceptors (Lipinski definition) is 3. The van der Waals surface area contributed by atoms with Crippen molar-refractivity contribution >= 4 is 34.1 Å². The van der Waals surface area contributed by atoms with Gasteiger partial charge < -0.3 is 5.32 Å². The average molecular weight is 302 g/mol. The van der Waals surface area contributed by atoms with Crippen molar-refractivity contribution in [2.24, 2.45) is 0 Å². The van der Waals surface area contributed by atoms with E-state index in [-0.39, 0.29) is 5.82 Å². The smallest absolute Gasteiger partial charge is 0.259 e. The van der Waals surface area contributed by atoms with Gasteiger partial charge in [-0.1, -0.05) is 41.9 Å². The molecule has 0 spiro atoms. The number of amides is 1. The molecule has 1 aromatic carbocycles. The zero-order valence-electron chi connectivity index (χ0n) is 10.7. The number of anilines is 1. The fourth-order valence-electron chi connectivity index (χ4n) is 2.00. The lowest BCUT2D eigenvalue weighted by atomic mass is 10.1. The van der Waals surface area contributed by atoms with Gasteiger partial charge in [0.25, 0.3) is 5.91 Å². The summed E-state index contributed by atoms with van der Waals surface area (Å²) in [6, 6.07) is 11.3. The fraction of sp³-hybridized carbons (Fsp3) is 0. The molecule has 1 amide bonds. The van der Waals surface area contributed by atoms with E-state index in [2.05, 4.69) is 15.3 Å². The molecule has 0 atom stereocenters. The third-order valence-electron chi connectivity index (χ3n) is 2.95. The average Bonchev–Trinajstić information content (AvgIpc) is 2.48. The normalized spacial score (nSPS) is 10.6. The number of benzene rings is 1. The van der Waals surface area contributed by atoms with E-state index in [1.54, 1.807) is 18.2 Å². The number of nitrogens with one attached hydrogen (secondary N) is 1. The van der Waals surface area contributed by atoms with Gasteiger partial charge in [-0.15, -0.1) is 0 Å². The van der Waals surface area contributed by atoms with E-state index in [0.29, 0.717) is 21.5 Å². The minimum atomic E-state index is -0.660. The van der Waals surface area contributed by atoms with Crippen molar-refractivity contribution in [1.29, 1.82) is 0 Å². The van der Waals surface area contributed by atoms with Crippen molar-refractivity contribution in [3.63, 3.8) is 0 Å². The Bertz CT molecular complexity index is 838. The van der Waals surface area contributed by atoms with E-state index in [9.17, 15) is 9.18 Å². The first-order valence-electron chi connectivity index (χ1n) is 6.12. The molecule has 0 saturated heterocycles. The van der Waals surface area contributed by atoms with Gasteiger partial charge in [-0.3, -0.25) is 4.79 Å². The van der Waals surface area contributed by atoms with Crippen LogP contribution in [0.5, 0.6) is 0 Å². The summed E-state index contributed by atoms with van der Waals surface area (Å²) in [6.07, 6.45) is 1.39. The van der Waals surface area contributed by atoms with E-state index in [4.69, 9.17) is 11.6 Å². The highest BCUT2D eigenvalue weighted by Crippen LogP contribution is 2.24. The quantitative estimate of drug-likeness (QED) is 0.735. The highest BCUT2D eigenvalue weighted by atomic mass is 35.5. The fourth-order valence-corrected chi connectivity index (χ4v) is 2.21. The summed E-state index contributed by atoms with van der Waals surface area (Å²) in [5.74, 6) is -0.945. The predicted octanol–water partition coefficient (Wildman–Crippen LogP) is 3.67. The molecule has 1 N–H and O–H groups in total. The molecule has 0 fully saturated rings. The van der Waals surface area contributed by atoms with Gasteiger partial charge in [-0.25, -0.2) is 9.97 Å². The first kappa shape index (κ1) is 13.5. The number of carbonyl (C=O) groups excluding carboxylic acids is 1. The summed E-state index contributed by atoms with van der Waals surface area (Å²) in [6.45, 7) is 0. The van der Waals surface area contributed by atoms with Crippen molar-refractivity contribution in [1.82, 2.24) is 9.97 Å². The highest BCUT2D eigenvalue weighted by molar-refractivity contribution is 6.35. The number of carbonyl (C=O) groups is 1. The molecule has 3 aromatic rings. The molecule has 6 heteroatoms. The molecule has 0 aliphatic rings. The first-order valence-corrected chi connectivity index (χ1v) is 6.50. The van der Waals surface area contributed by atoms with E-state index in [1.165, 1.54) is 24.4 Å². The largest absolute Gasteiger partial charge is 0.306 e. The summed E-state index contributed by atoms with van der Waals surface area (Å²) in [5, 5.41) is 4.21. The molecule has 4 nitrogen and oxygen atoms in total. The van der Waals surface area contributed by atoms with Crippen LogP contribution in [-0.4, -0.2) is 15.9 Å². The molecular weight excluding hydrogens is 293 g/mol. The molecule has 2 aromatic heterocycles. The number of nitrogens with zero attached hydrogens (tertiary/aromatic N) is 2. The molecule has 21 heavy (non-hydrogen) atoms. The minimum Gasteiger partial charge on any atom is -0.306 e. The van der Waals surface area contributed by atoms with Crippen molar-refractivity contribution in [2.45, 2.75) is 0 Å². The van der Waals surface area contributed by atoms with Crippen molar-refractivity contribution in [3.05, 3.63) is 65.3 Å². The van der Waals surface area contributed by atoms with Gasteiger partial charge >= 0.3 is 0 Å². The maximum atomic E-state index is 13.0. The monoisotopic (exact) mass is 301 g/mol. The molecule has 104 valence electrons. The van der Waals surface area contributed by atoms with Crippen molar-refractivity contribution in [3.8, 4) is 0 Å². The zero-order valence-corrected chi connectivity index (χ0v) is 11.4. The van der Waals surface area contributed by atoms with Crippen LogP contribution in [0.25, 0.3) is 10.8 Å². The van der Waals surface area contributed by atoms with Gasteiger partial charge in [-0.2, -0.15) is 4.39 Å². The number of pyridine rings is 2. The maximum absolute atomic E-state index is 13.0. The molecule has 0 saturated carbocycles. The Morgan fingerprint density at radius 3 is 2.62 bits per heavy atom. The maximum Gasteiger partial charge on any atom is 0.259 e. The van der Waals surface area contributed by atoms with Crippen LogP contribution in [0.15, 0.2) is 48.7 Å². The standard InChI is InChI=1S/C15H9ClFN3O/c16-14-10-5-2-1-4-9(10)11(8-18-14)15(21)20-13-7-3-6-12(17)19-13/h1-8H,(H,19,20,21). The van der Waals surface area contributed by atoms with Crippen LogP contribution >= 0.6 is 11.6 Å². The summed E-state index contributed by atoms with van der Waals surface area (Å²) in [5.41, 5.74) is 0.348. The summed E-state index contributed by atoms with van der Waals surface area (Å²) >= 11 is 6.01. The lowest BCUT2D eigenvalue weighted by Crippen LogP contribution is -2.14. The minimum absolute atomic E-state index is 0.138. The Labute approximate surface area is 124 Å². The van der Waals surface area contributed by atoms with Crippen LogP contribution < -0.4 is 5.32 Å². The topological polar surface area (TPSA) is 54.9 Å². The summed E-state index contributed by atoms with van der Waals surface area (Å²) in [7, 11) is 0. The summed E-state index contributed by atoms with van der Waals surface area (Å²) < 4.78 is 13.0. The van der Waals surface area contributed by atoms with Crippen LogP contribution in [0, 0.1) is 5.95 Å². The molecule has 0 radical (unpaired) electrons. The summed E-state index contributed by atoms with van der Waals surface area (Å²) in [4.78, 5) is 19.9. The molecule has 0 aliphatic heterocycles. The predicted molar refractivity (Wildman–Crippen MR) is 78.9 cm³/mol. The number of fused-ring (bicyclic) bond motifs is 1. The SMILES string of the molecule is O=C(Nc1cccc(F)n1)c1cnc(Cl)c2ccccc12. The Morgan fingerprint density at radius 2 is 1.86 bits per heavy atom. The Kier molecular flexibility index (Phi) is 3.50. The van der Waals surface area contributed by atoms with Gasteiger partial charge in [-0.05, 0) is 17.5 Å². The molecule has 0 bridgehead atoms. The second kappa shape index (κ2) is 5.46. The van der Waals surface area contributed by atoms with E-state index >= 15 is 0 Å².